The van der Waals surface area contributed by atoms with Crippen molar-refractivity contribution in [1.82, 2.24) is 5.43 Å². The van der Waals surface area contributed by atoms with E-state index in [1.807, 2.05) is 0 Å². The van der Waals surface area contributed by atoms with Crippen molar-refractivity contribution in [1.29, 1.82) is 0 Å². The van der Waals surface area contributed by atoms with E-state index >= 15 is 0 Å². The zero-order valence-corrected chi connectivity index (χ0v) is 13.8. The molecular formula is C16H15N3O5S. The molecule has 0 saturated heterocycles. The van der Waals surface area contributed by atoms with E-state index < -0.39 is 10.8 Å². The van der Waals surface area contributed by atoms with Crippen LogP contribution in [0.3, 0.4) is 0 Å². The fourth-order valence-electron chi connectivity index (χ4n) is 1.93. The summed E-state index contributed by atoms with van der Waals surface area (Å²) in [4.78, 5) is 22.9. The number of phenolic OH excluding ortho intramolecular Hbond substituents is 1. The van der Waals surface area contributed by atoms with Gasteiger partial charge in [-0.2, -0.15) is 5.10 Å². The number of nitrogens with zero attached hydrogens (tertiary/aromatic N) is 2. The number of amides is 1. The number of aromatic hydroxyl groups is 1. The fraction of sp³-hybridized carbons (Fsp3) is 0.125. The molecule has 0 bridgehead atoms. The lowest BCUT2D eigenvalue weighted by molar-refractivity contribution is -0.387. The summed E-state index contributed by atoms with van der Waals surface area (Å²) in [7, 11) is 0. The predicted octanol–water partition coefficient (Wildman–Crippen LogP) is 2.15. The van der Waals surface area contributed by atoms with Gasteiger partial charge in [-0.05, 0) is 18.2 Å². The van der Waals surface area contributed by atoms with Gasteiger partial charge in [0.05, 0.1) is 28.2 Å². The van der Waals surface area contributed by atoms with Crippen LogP contribution in [0.2, 0.25) is 0 Å². The van der Waals surface area contributed by atoms with Crippen LogP contribution in [0, 0.1) is 10.1 Å². The number of hydrogen-bond donors (Lipinski definition) is 3. The molecule has 3 N–H and O–H groups in total. The average molecular weight is 361 g/mol. The van der Waals surface area contributed by atoms with Crippen LogP contribution in [0.5, 0.6) is 5.75 Å². The highest BCUT2D eigenvalue weighted by Gasteiger charge is 2.14. The lowest BCUT2D eigenvalue weighted by atomic mass is 10.2. The molecule has 0 aliphatic carbocycles. The molecule has 2 rings (SSSR count). The molecule has 1 amide bonds. The molecule has 0 unspecified atom stereocenters. The molecule has 0 spiro atoms. The zero-order chi connectivity index (χ0) is 18.2. The molecule has 0 heterocycles. The zero-order valence-electron chi connectivity index (χ0n) is 13.0. The summed E-state index contributed by atoms with van der Waals surface area (Å²) in [6.07, 6.45) is 1.27. The second-order valence-electron chi connectivity index (χ2n) is 4.77. The van der Waals surface area contributed by atoms with Crippen molar-refractivity contribution in [2.75, 3.05) is 12.4 Å². The first-order valence-electron chi connectivity index (χ1n) is 7.16. The van der Waals surface area contributed by atoms with Crippen molar-refractivity contribution < 1.29 is 19.9 Å². The highest BCUT2D eigenvalue weighted by molar-refractivity contribution is 7.99. The molecule has 0 atom stereocenters. The van der Waals surface area contributed by atoms with Gasteiger partial charge in [-0.25, -0.2) is 5.43 Å². The Balaban J connectivity index is 2.10. The standard InChI is InChI=1S/C16H15N3O5S/c20-7-8-25-15-6-5-11(9-13(15)19(23)24)10-17-18-16(22)12-3-1-2-4-14(12)21/h1-6,9-10,20-21H,7-8H2,(H,18,22). The van der Waals surface area contributed by atoms with Gasteiger partial charge >= 0.3 is 0 Å². The number of aliphatic hydroxyl groups is 1. The predicted molar refractivity (Wildman–Crippen MR) is 94.1 cm³/mol. The third kappa shape index (κ3) is 5.03. The maximum absolute atomic E-state index is 11.9. The number of para-hydroxylation sites is 1. The van der Waals surface area contributed by atoms with Gasteiger partial charge in [0, 0.05) is 17.4 Å². The molecule has 25 heavy (non-hydrogen) atoms. The van der Waals surface area contributed by atoms with Crippen LogP contribution in [0.25, 0.3) is 0 Å². The molecular weight excluding hydrogens is 346 g/mol. The molecule has 8 nitrogen and oxygen atoms in total. The Labute approximate surface area is 147 Å². The van der Waals surface area contributed by atoms with Crippen LogP contribution in [0.4, 0.5) is 5.69 Å². The number of benzene rings is 2. The topological polar surface area (TPSA) is 125 Å². The molecule has 0 aromatic heterocycles. The van der Waals surface area contributed by atoms with Crippen LogP contribution >= 0.6 is 11.8 Å². The number of carbonyl (C=O) groups is 1. The van der Waals surface area contributed by atoms with Crippen molar-refractivity contribution in [3.8, 4) is 5.75 Å². The Morgan fingerprint density at radius 1 is 1.32 bits per heavy atom. The third-order valence-corrected chi connectivity index (χ3v) is 4.10. The number of carbonyl (C=O) groups excluding carboxylic acids is 1. The fourth-order valence-corrected chi connectivity index (χ4v) is 2.68. The van der Waals surface area contributed by atoms with Crippen molar-refractivity contribution >= 4 is 29.6 Å². The first-order valence-corrected chi connectivity index (χ1v) is 8.15. The highest BCUT2D eigenvalue weighted by atomic mass is 32.2. The number of aliphatic hydroxyl groups excluding tert-OH is 1. The van der Waals surface area contributed by atoms with Gasteiger partial charge in [0.15, 0.2) is 0 Å². The smallest absolute Gasteiger partial charge is 0.283 e. The van der Waals surface area contributed by atoms with Gasteiger partial charge in [-0.15, -0.1) is 11.8 Å². The van der Waals surface area contributed by atoms with E-state index in [1.165, 1.54) is 36.2 Å². The highest BCUT2D eigenvalue weighted by Crippen LogP contribution is 2.29. The third-order valence-electron chi connectivity index (χ3n) is 3.06. The van der Waals surface area contributed by atoms with Crippen molar-refractivity contribution in [2.45, 2.75) is 4.90 Å². The van der Waals surface area contributed by atoms with Crippen LogP contribution in [0.1, 0.15) is 15.9 Å². The summed E-state index contributed by atoms with van der Waals surface area (Å²) in [5.41, 5.74) is 2.64. The summed E-state index contributed by atoms with van der Waals surface area (Å²) >= 11 is 1.18. The number of nitrogens with one attached hydrogen (secondary N) is 1. The minimum absolute atomic E-state index is 0.0707. The van der Waals surface area contributed by atoms with Crippen LogP contribution in [-0.4, -0.2) is 39.6 Å². The number of rotatable bonds is 7. The second-order valence-corrected chi connectivity index (χ2v) is 5.91. The minimum Gasteiger partial charge on any atom is -0.507 e. The Bertz CT molecular complexity index is 810. The molecule has 0 radical (unpaired) electrons. The van der Waals surface area contributed by atoms with E-state index in [0.717, 1.165) is 0 Å². The van der Waals surface area contributed by atoms with Crippen LogP contribution < -0.4 is 5.43 Å². The van der Waals surface area contributed by atoms with Gasteiger partial charge in [-0.3, -0.25) is 14.9 Å². The Morgan fingerprint density at radius 2 is 2.08 bits per heavy atom. The molecule has 0 saturated carbocycles. The van der Waals surface area contributed by atoms with Crippen LogP contribution in [-0.2, 0) is 0 Å². The van der Waals surface area contributed by atoms with E-state index in [-0.39, 0.29) is 23.6 Å². The summed E-state index contributed by atoms with van der Waals surface area (Å²) in [6, 6.07) is 10.5. The summed E-state index contributed by atoms with van der Waals surface area (Å²) < 4.78 is 0. The molecule has 2 aromatic rings. The SMILES string of the molecule is O=C(NN=Cc1ccc(SCCO)c([N+](=O)[O-])c1)c1ccccc1O. The van der Waals surface area contributed by atoms with Gasteiger partial charge in [-0.1, -0.05) is 18.2 Å². The normalized spacial score (nSPS) is 10.8. The van der Waals surface area contributed by atoms with Crippen molar-refractivity contribution in [2.24, 2.45) is 5.10 Å². The maximum atomic E-state index is 11.9. The summed E-state index contributed by atoms with van der Waals surface area (Å²) in [6.45, 7) is -0.0800. The number of hydrogen-bond acceptors (Lipinski definition) is 7. The molecule has 0 fully saturated rings. The van der Waals surface area contributed by atoms with Crippen molar-refractivity contribution in [3.05, 3.63) is 63.7 Å². The van der Waals surface area contributed by atoms with E-state index in [0.29, 0.717) is 16.2 Å². The number of nitro groups is 1. The summed E-state index contributed by atoms with van der Waals surface area (Å²) in [5, 5.41) is 33.3. The average Bonchev–Trinajstić information content (AvgIpc) is 2.60. The first kappa shape index (κ1) is 18.4. The minimum atomic E-state index is -0.598. The van der Waals surface area contributed by atoms with E-state index in [9.17, 15) is 20.0 Å². The Kier molecular flexibility index (Phi) is 6.49. The van der Waals surface area contributed by atoms with Crippen LogP contribution in [0.15, 0.2) is 52.5 Å². The molecule has 0 aliphatic rings. The first-order chi connectivity index (χ1) is 12.0. The number of nitro benzene ring substituents is 1. The second kappa shape index (κ2) is 8.81. The largest absolute Gasteiger partial charge is 0.507 e. The van der Waals surface area contributed by atoms with E-state index in [2.05, 4.69) is 10.5 Å². The lowest BCUT2D eigenvalue weighted by Gasteiger charge is -2.03. The monoisotopic (exact) mass is 361 g/mol. The van der Waals surface area contributed by atoms with E-state index in [4.69, 9.17) is 5.11 Å². The molecule has 9 heteroatoms. The van der Waals surface area contributed by atoms with E-state index in [1.54, 1.807) is 24.3 Å². The Morgan fingerprint density at radius 3 is 2.76 bits per heavy atom. The lowest BCUT2D eigenvalue weighted by Crippen LogP contribution is -2.17. The number of hydrazone groups is 1. The quantitative estimate of drug-likeness (QED) is 0.300. The molecule has 0 aliphatic heterocycles. The number of thioether (sulfide) groups is 1. The van der Waals surface area contributed by atoms with Crippen molar-refractivity contribution in [3.63, 3.8) is 0 Å². The Hall–Kier alpha value is -2.91. The van der Waals surface area contributed by atoms with Gasteiger partial charge < -0.3 is 10.2 Å². The van der Waals surface area contributed by atoms with Gasteiger partial charge in [0.1, 0.15) is 5.75 Å². The number of phenols is 1. The van der Waals surface area contributed by atoms with Gasteiger partial charge in [0.25, 0.3) is 11.6 Å². The summed E-state index contributed by atoms with van der Waals surface area (Å²) in [5.74, 6) is -0.416. The molecule has 130 valence electrons. The van der Waals surface area contributed by atoms with Gasteiger partial charge in [0.2, 0.25) is 0 Å². The molecule has 2 aromatic carbocycles. The maximum Gasteiger partial charge on any atom is 0.283 e.